The quantitative estimate of drug-likeness (QED) is 0.716. The maximum atomic E-state index is 11.4. The molecule has 1 fully saturated rings. The highest BCUT2D eigenvalue weighted by Crippen LogP contribution is 2.21. The highest BCUT2D eigenvalue weighted by atomic mass is 16.5. The standard InChI is InChI=1S/C9H11N3O3/c1-15-8-3-7(10-5-11-8)12-4-6(13)2-9(12)14/h3,5-6,13H,2,4H2,1H3. The summed E-state index contributed by atoms with van der Waals surface area (Å²) in [6, 6.07) is 1.57. The Bertz CT molecular complexity index is 383. The normalized spacial score (nSPS) is 20.8. The molecule has 1 aliphatic heterocycles. The number of methoxy groups -OCH3 is 1. The predicted molar refractivity (Wildman–Crippen MR) is 51.6 cm³/mol. The van der Waals surface area contributed by atoms with Crippen LogP contribution in [0.5, 0.6) is 5.88 Å². The summed E-state index contributed by atoms with van der Waals surface area (Å²) in [6.45, 7) is 0.277. The maximum Gasteiger partial charge on any atom is 0.230 e. The van der Waals surface area contributed by atoms with Crippen LogP contribution in [0.15, 0.2) is 12.4 Å². The van der Waals surface area contributed by atoms with Crippen molar-refractivity contribution in [2.24, 2.45) is 0 Å². The predicted octanol–water partition coefficient (Wildman–Crippen LogP) is -0.417. The topological polar surface area (TPSA) is 75.6 Å². The summed E-state index contributed by atoms with van der Waals surface area (Å²) < 4.78 is 4.92. The van der Waals surface area contributed by atoms with Gasteiger partial charge in [-0.15, -0.1) is 0 Å². The fourth-order valence-corrected chi connectivity index (χ4v) is 1.50. The number of carbonyl (C=O) groups excluding carboxylic acids is 1. The van der Waals surface area contributed by atoms with Crippen molar-refractivity contribution in [1.82, 2.24) is 9.97 Å². The second-order valence-corrected chi connectivity index (χ2v) is 3.28. The van der Waals surface area contributed by atoms with Crippen LogP contribution in [0.2, 0.25) is 0 Å². The molecule has 1 aliphatic rings. The van der Waals surface area contributed by atoms with Gasteiger partial charge in [-0.25, -0.2) is 9.97 Å². The van der Waals surface area contributed by atoms with E-state index in [0.29, 0.717) is 11.7 Å². The summed E-state index contributed by atoms with van der Waals surface area (Å²) in [7, 11) is 1.49. The van der Waals surface area contributed by atoms with E-state index >= 15 is 0 Å². The minimum absolute atomic E-state index is 0.136. The van der Waals surface area contributed by atoms with Gasteiger partial charge in [0, 0.05) is 6.07 Å². The first-order valence-electron chi connectivity index (χ1n) is 4.55. The Balaban J connectivity index is 2.25. The first-order chi connectivity index (χ1) is 7.20. The van der Waals surface area contributed by atoms with Crippen LogP contribution in [-0.2, 0) is 4.79 Å². The Hall–Kier alpha value is -1.69. The lowest BCUT2D eigenvalue weighted by atomic mass is 10.3. The van der Waals surface area contributed by atoms with Crippen molar-refractivity contribution in [1.29, 1.82) is 0 Å². The Kier molecular flexibility index (Phi) is 2.51. The molecule has 1 aromatic heterocycles. The van der Waals surface area contributed by atoms with Gasteiger partial charge in [0.1, 0.15) is 12.1 Å². The summed E-state index contributed by atoms with van der Waals surface area (Å²) in [5.74, 6) is 0.723. The van der Waals surface area contributed by atoms with Gasteiger partial charge in [-0.05, 0) is 0 Å². The van der Waals surface area contributed by atoms with Crippen molar-refractivity contribution in [3.8, 4) is 5.88 Å². The molecule has 2 heterocycles. The van der Waals surface area contributed by atoms with E-state index < -0.39 is 6.10 Å². The van der Waals surface area contributed by atoms with Crippen molar-refractivity contribution in [3.63, 3.8) is 0 Å². The van der Waals surface area contributed by atoms with Gasteiger partial charge in [0.05, 0.1) is 26.2 Å². The lowest BCUT2D eigenvalue weighted by Crippen LogP contribution is -2.26. The van der Waals surface area contributed by atoms with Crippen LogP contribution in [0, 0.1) is 0 Å². The third-order valence-electron chi connectivity index (χ3n) is 2.22. The number of hydrogen-bond acceptors (Lipinski definition) is 5. The average Bonchev–Trinajstić information content (AvgIpc) is 2.58. The summed E-state index contributed by atoms with van der Waals surface area (Å²) >= 11 is 0. The Morgan fingerprint density at radius 2 is 2.40 bits per heavy atom. The van der Waals surface area contributed by atoms with Gasteiger partial charge < -0.3 is 9.84 Å². The van der Waals surface area contributed by atoms with E-state index in [2.05, 4.69) is 9.97 Å². The zero-order chi connectivity index (χ0) is 10.8. The van der Waals surface area contributed by atoms with Crippen LogP contribution in [0.1, 0.15) is 6.42 Å². The van der Waals surface area contributed by atoms with Gasteiger partial charge in [-0.1, -0.05) is 0 Å². The summed E-state index contributed by atoms with van der Waals surface area (Å²) in [4.78, 5) is 20.7. The molecule has 2 rings (SSSR count). The number of hydrogen-bond donors (Lipinski definition) is 1. The fraction of sp³-hybridized carbons (Fsp3) is 0.444. The van der Waals surface area contributed by atoms with Gasteiger partial charge in [-0.3, -0.25) is 9.69 Å². The largest absolute Gasteiger partial charge is 0.481 e. The summed E-state index contributed by atoms with van der Waals surface area (Å²) in [6.07, 6.45) is 0.858. The van der Waals surface area contributed by atoms with Crippen molar-refractivity contribution in [2.45, 2.75) is 12.5 Å². The second kappa shape index (κ2) is 3.82. The molecule has 1 atom stereocenters. The third-order valence-corrected chi connectivity index (χ3v) is 2.22. The first-order valence-corrected chi connectivity index (χ1v) is 4.55. The number of β-amino-alcohol motifs (C(OH)–C–C–N with tert-alkyl or cyclic N) is 1. The molecule has 6 nitrogen and oxygen atoms in total. The number of aromatic nitrogens is 2. The van der Waals surface area contributed by atoms with Crippen LogP contribution in [0.4, 0.5) is 5.82 Å². The molecule has 15 heavy (non-hydrogen) atoms. The molecular formula is C9H11N3O3. The second-order valence-electron chi connectivity index (χ2n) is 3.28. The van der Waals surface area contributed by atoms with Crippen LogP contribution in [-0.4, -0.2) is 40.7 Å². The number of nitrogens with zero attached hydrogens (tertiary/aromatic N) is 3. The summed E-state index contributed by atoms with van der Waals surface area (Å²) in [5.41, 5.74) is 0. The molecule has 0 bridgehead atoms. The highest BCUT2D eigenvalue weighted by molar-refractivity contribution is 5.95. The van der Waals surface area contributed by atoms with E-state index in [9.17, 15) is 9.90 Å². The molecule has 0 aliphatic carbocycles. The van der Waals surface area contributed by atoms with Crippen molar-refractivity contribution < 1.29 is 14.6 Å². The molecule has 0 aromatic carbocycles. The van der Waals surface area contributed by atoms with Crippen LogP contribution < -0.4 is 9.64 Å². The molecule has 1 amide bonds. The van der Waals surface area contributed by atoms with E-state index in [1.54, 1.807) is 6.07 Å². The molecule has 1 N–H and O–H groups in total. The number of carbonyl (C=O) groups is 1. The number of ether oxygens (including phenoxy) is 1. The lowest BCUT2D eigenvalue weighted by molar-refractivity contribution is -0.117. The third kappa shape index (κ3) is 1.89. The Morgan fingerprint density at radius 1 is 1.60 bits per heavy atom. The maximum absolute atomic E-state index is 11.4. The average molecular weight is 209 g/mol. The van der Waals surface area contributed by atoms with Gasteiger partial charge in [0.25, 0.3) is 0 Å². The number of anilines is 1. The van der Waals surface area contributed by atoms with Gasteiger partial charge in [-0.2, -0.15) is 0 Å². The van der Waals surface area contributed by atoms with E-state index in [1.165, 1.54) is 18.3 Å². The van der Waals surface area contributed by atoms with Gasteiger partial charge in [0.15, 0.2) is 0 Å². The van der Waals surface area contributed by atoms with E-state index in [-0.39, 0.29) is 18.9 Å². The number of aliphatic hydroxyl groups excluding tert-OH is 1. The number of rotatable bonds is 2. The van der Waals surface area contributed by atoms with E-state index in [0.717, 1.165) is 0 Å². The molecule has 80 valence electrons. The lowest BCUT2D eigenvalue weighted by Gasteiger charge is -2.14. The van der Waals surface area contributed by atoms with Crippen LogP contribution in [0.3, 0.4) is 0 Å². The van der Waals surface area contributed by atoms with Crippen molar-refractivity contribution in [3.05, 3.63) is 12.4 Å². The smallest absolute Gasteiger partial charge is 0.230 e. The molecule has 1 unspecified atom stereocenters. The van der Waals surface area contributed by atoms with Gasteiger partial charge in [0.2, 0.25) is 11.8 Å². The first kappa shape index (κ1) is 9.85. The van der Waals surface area contributed by atoms with Crippen molar-refractivity contribution >= 4 is 11.7 Å². The molecule has 0 saturated carbocycles. The van der Waals surface area contributed by atoms with Crippen LogP contribution in [0.25, 0.3) is 0 Å². The zero-order valence-corrected chi connectivity index (χ0v) is 8.25. The molecule has 0 radical (unpaired) electrons. The minimum Gasteiger partial charge on any atom is -0.481 e. The molecule has 1 aromatic rings. The molecular weight excluding hydrogens is 198 g/mol. The SMILES string of the molecule is COc1cc(N2CC(O)CC2=O)ncn1. The minimum atomic E-state index is -0.613. The molecule has 6 heteroatoms. The summed E-state index contributed by atoms with van der Waals surface area (Å²) in [5, 5.41) is 9.32. The van der Waals surface area contributed by atoms with Gasteiger partial charge >= 0.3 is 0 Å². The fourth-order valence-electron chi connectivity index (χ4n) is 1.50. The Morgan fingerprint density at radius 3 is 3.00 bits per heavy atom. The van der Waals surface area contributed by atoms with E-state index in [4.69, 9.17) is 4.74 Å². The Labute approximate surface area is 86.5 Å². The number of amides is 1. The molecule has 1 saturated heterocycles. The van der Waals surface area contributed by atoms with Crippen LogP contribution >= 0.6 is 0 Å². The molecule has 0 spiro atoms. The monoisotopic (exact) mass is 209 g/mol. The van der Waals surface area contributed by atoms with E-state index in [1.807, 2.05) is 0 Å². The zero-order valence-electron chi connectivity index (χ0n) is 8.25. The highest BCUT2D eigenvalue weighted by Gasteiger charge is 2.30. The van der Waals surface area contributed by atoms with Crippen molar-refractivity contribution in [2.75, 3.05) is 18.6 Å². The number of aliphatic hydroxyl groups is 1.